The van der Waals surface area contributed by atoms with E-state index in [2.05, 4.69) is 39.7 Å². The van der Waals surface area contributed by atoms with Crippen molar-refractivity contribution in [2.45, 2.75) is 0 Å². The Labute approximate surface area is 51.4 Å². The van der Waals surface area contributed by atoms with Gasteiger partial charge < -0.3 is 0 Å². The van der Waals surface area contributed by atoms with Gasteiger partial charge in [0.05, 0.1) is 0 Å². The molecule has 1 aliphatic rings. The van der Waals surface area contributed by atoms with Crippen LogP contribution < -0.4 is 0 Å². The van der Waals surface area contributed by atoms with Crippen LogP contribution in [0.15, 0.2) is 12.2 Å². The number of hydrogen-bond acceptors (Lipinski definition) is 1. The minimum absolute atomic E-state index is 1.06. The van der Waals surface area contributed by atoms with Crippen LogP contribution in [-0.4, -0.2) is 38.6 Å². The van der Waals surface area contributed by atoms with E-state index in [0.29, 0.717) is 0 Å². The maximum atomic E-state index is 2.94. The van der Waals surface area contributed by atoms with Gasteiger partial charge in [0.25, 0.3) is 0 Å². The van der Waals surface area contributed by atoms with E-state index in [1.165, 1.54) is 4.54 Å². The fraction of sp³-hybridized carbons (Fsp3) is 0.400. The van der Waals surface area contributed by atoms with E-state index in [1.807, 2.05) is 0 Å². The van der Waals surface area contributed by atoms with Crippen LogP contribution in [0.2, 0.25) is 0 Å². The Bertz CT molecular complexity index is 117. The van der Waals surface area contributed by atoms with Crippen LogP contribution in [0.4, 0.5) is 0 Å². The van der Waals surface area contributed by atoms with E-state index >= 15 is 0 Å². The molecule has 1 aliphatic heterocycles. The summed E-state index contributed by atoms with van der Waals surface area (Å²) >= 11 is 2.94. The molecule has 0 unspecified atom stereocenters. The third kappa shape index (κ3) is 0.929. The van der Waals surface area contributed by atoms with Gasteiger partial charge in [-0.25, -0.2) is 0 Å². The summed E-state index contributed by atoms with van der Waals surface area (Å²) in [5.74, 6) is 0. The molecule has 0 saturated carbocycles. The molecule has 0 fully saturated rings. The van der Waals surface area contributed by atoms with Crippen molar-refractivity contribution in [2.24, 2.45) is 0 Å². The van der Waals surface area contributed by atoms with Gasteiger partial charge in [0, 0.05) is 0 Å². The Morgan fingerprint density at radius 1 is 1.86 bits per heavy atom. The van der Waals surface area contributed by atoms with Crippen molar-refractivity contribution >= 4 is 20.1 Å². The molecule has 0 amide bonds. The van der Waals surface area contributed by atoms with Crippen LogP contribution in [0.25, 0.3) is 0 Å². The molecule has 0 atom stereocenters. The van der Waals surface area contributed by atoms with Gasteiger partial charge in [0.2, 0.25) is 0 Å². The number of nitrogens with zero attached hydrogens (tertiary/aromatic N) is 1. The molecule has 0 aromatic rings. The van der Waals surface area contributed by atoms with Crippen LogP contribution in [0.5, 0.6) is 0 Å². The summed E-state index contributed by atoms with van der Waals surface area (Å²) in [4.78, 5) is 2.15. The molecule has 0 bridgehead atoms. The molecule has 0 radical (unpaired) electrons. The van der Waals surface area contributed by atoms with Crippen molar-refractivity contribution in [3.63, 3.8) is 0 Å². The Balaban J connectivity index is 2.62. The van der Waals surface area contributed by atoms with Crippen LogP contribution in [-0.2, 0) is 0 Å². The average molecular weight is 160 g/mol. The number of rotatable bonds is 0. The summed E-state index contributed by atoms with van der Waals surface area (Å²) in [5, 5.41) is 0. The second-order valence-electron chi connectivity index (χ2n) is 1.62. The second-order valence-corrected chi connectivity index (χ2v) is 2.50. The van der Waals surface area contributed by atoms with Crippen LogP contribution >= 0.6 is 0 Å². The normalized spacial score (nSPS) is 19.0. The van der Waals surface area contributed by atoms with Gasteiger partial charge in [-0.1, -0.05) is 0 Å². The molecule has 0 spiro atoms. The molecular formula is C5H7NSe. The molecule has 0 aromatic carbocycles. The molecule has 38 valence electrons. The van der Waals surface area contributed by atoms with Crippen molar-refractivity contribution in [2.75, 3.05) is 13.6 Å². The Kier molecular flexibility index (Phi) is 1.31. The van der Waals surface area contributed by atoms with Crippen LogP contribution in [0.3, 0.4) is 0 Å². The molecule has 0 N–H and O–H groups in total. The van der Waals surface area contributed by atoms with Gasteiger partial charge in [0.1, 0.15) is 0 Å². The zero-order chi connectivity index (χ0) is 5.28. The fourth-order valence-corrected chi connectivity index (χ4v) is 0.887. The summed E-state index contributed by atoms with van der Waals surface area (Å²) in [7, 11) is 2.06. The molecule has 1 nitrogen and oxygen atoms in total. The molecular weight excluding hydrogens is 153 g/mol. The summed E-state index contributed by atoms with van der Waals surface area (Å²) in [6, 6.07) is 0. The first-order valence-corrected chi connectivity index (χ1v) is 3.08. The van der Waals surface area contributed by atoms with Gasteiger partial charge in [-0.05, 0) is 0 Å². The average Bonchev–Trinajstić information content (AvgIpc) is 1.91. The summed E-state index contributed by atoms with van der Waals surface area (Å²) in [6.45, 7) is 1.06. The first-order valence-electron chi connectivity index (χ1n) is 2.22. The van der Waals surface area contributed by atoms with Gasteiger partial charge in [-0.2, -0.15) is 0 Å². The third-order valence-electron chi connectivity index (χ3n) is 1.02. The topological polar surface area (TPSA) is 3.24 Å². The fourth-order valence-electron chi connectivity index (χ4n) is 0.529. The standard InChI is InChI=1S/C5H7NSe/c1-6-4-2-3-5(6)7/h2-3H,4H2,1H3. The quantitative estimate of drug-likeness (QED) is 0.443. The molecule has 0 saturated heterocycles. The van der Waals surface area contributed by atoms with Gasteiger partial charge in [-0.3, -0.25) is 0 Å². The zero-order valence-electron chi connectivity index (χ0n) is 4.22. The van der Waals surface area contributed by atoms with Gasteiger partial charge in [-0.15, -0.1) is 0 Å². The second kappa shape index (κ2) is 1.81. The summed E-state index contributed by atoms with van der Waals surface area (Å²) in [6.07, 6.45) is 4.21. The van der Waals surface area contributed by atoms with Crippen molar-refractivity contribution in [1.29, 1.82) is 0 Å². The van der Waals surface area contributed by atoms with Gasteiger partial charge in [0.15, 0.2) is 0 Å². The number of likely N-dealkylation sites (N-methyl/N-ethyl adjacent to an activating group) is 1. The Hall–Kier alpha value is -0.0705. The van der Waals surface area contributed by atoms with Crippen molar-refractivity contribution in [3.8, 4) is 0 Å². The summed E-state index contributed by atoms with van der Waals surface area (Å²) < 4.78 is 1.24. The molecule has 0 aromatic heterocycles. The Morgan fingerprint density at radius 2 is 2.57 bits per heavy atom. The van der Waals surface area contributed by atoms with Crippen molar-refractivity contribution in [3.05, 3.63) is 12.2 Å². The van der Waals surface area contributed by atoms with Crippen LogP contribution in [0, 0.1) is 0 Å². The van der Waals surface area contributed by atoms with Gasteiger partial charge >= 0.3 is 50.8 Å². The van der Waals surface area contributed by atoms with Crippen LogP contribution in [0.1, 0.15) is 0 Å². The van der Waals surface area contributed by atoms with E-state index in [9.17, 15) is 0 Å². The molecule has 1 heterocycles. The maximum absolute atomic E-state index is 2.94. The third-order valence-corrected chi connectivity index (χ3v) is 1.96. The Morgan fingerprint density at radius 3 is 2.71 bits per heavy atom. The molecule has 2 heteroatoms. The van der Waals surface area contributed by atoms with Crippen molar-refractivity contribution < 1.29 is 0 Å². The van der Waals surface area contributed by atoms with Crippen molar-refractivity contribution in [1.82, 2.24) is 4.90 Å². The van der Waals surface area contributed by atoms with E-state index in [0.717, 1.165) is 6.54 Å². The molecule has 0 aliphatic carbocycles. The zero-order valence-corrected chi connectivity index (χ0v) is 5.93. The predicted molar refractivity (Wildman–Crippen MR) is 32.5 cm³/mol. The molecule has 7 heavy (non-hydrogen) atoms. The van der Waals surface area contributed by atoms with E-state index in [1.54, 1.807) is 0 Å². The van der Waals surface area contributed by atoms with E-state index in [4.69, 9.17) is 0 Å². The predicted octanol–water partition coefficient (Wildman–Crippen LogP) is -0.214. The number of hydrogen-bond donors (Lipinski definition) is 0. The van der Waals surface area contributed by atoms with E-state index < -0.39 is 0 Å². The monoisotopic (exact) mass is 161 g/mol. The first kappa shape index (κ1) is 5.07. The minimum atomic E-state index is 1.06. The van der Waals surface area contributed by atoms with E-state index in [-0.39, 0.29) is 0 Å². The molecule has 1 rings (SSSR count). The summed E-state index contributed by atoms with van der Waals surface area (Å²) in [5.41, 5.74) is 0. The first-order chi connectivity index (χ1) is 3.30. The SMILES string of the molecule is CN1CC=CC1=[Se].